The third-order valence-electron chi connectivity index (χ3n) is 2.73. The fourth-order valence-electron chi connectivity index (χ4n) is 1.67. The van der Waals surface area contributed by atoms with Gasteiger partial charge in [-0.05, 0) is 18.6 Å². The number of aromatic nitrogens is 4. The molecule has 0 spiro atoms. The van der Waals surface area contributed by atoms with Crippen molar-refractivity contribution in [1.82, 2.24) is 25.1 Å². The minimum absolute atomic E-state index is 0.184. The summed E-state index contributed by atoms with van der Waals surface area (Å²) in [5.74, 6) is 1.23. The Morgan fingerprint density at radius 2 is 2.25 bits per heavy atom. The topological polar surface area (TPSA) is 86.8 Å². The molecule has 0 aliphatic carbocycles. The summed E-state index contributed by atoms with van der Waals surface area (Å²) in [4.78, 5) is 20.7. The van der Waals surface area contributed by atoms with Crippen LogP contribution in [0.15, 0.2) is 24.5 Å². The minimum atomic E-state index is -0.184. The van der Waals surface area contributed by atoms with E-state index in [1.54, 1.807) is 36.5 Å². The van der Waals surface area contributed by atoms with Crippen LogP contribution in [0, 0.1) is 0 Å². The standard InChI is InChI=1S/C13H18N6O/c1-3-6-14-11-5-4-10(17-18-11)13(20)19(2)9-12-15-7-8-16-12/h4-5,7-8H,3,6,9H2,1-2H3,(H,14,18)(H,15,16). The molecule has 0 saturated carbocycles. The van der Waals surface area contributed by atoms with Crippen LogP contribution in [-0.2, 0) is 6.54 Å². The van der Waals surface area contributed by atoms with Gasteiger partial charge >= 0.3 is 0 Å². The summed E-state index contributed by atoms with van der Waals surface area (Å²) in [5, 5.41) is 11.0. The van der Waals surface area contributed by atoms with Crippen molar-refractivity contribution in [2.45, 2.75) is 19.9 Å². The average molecular weight is 274 g/mol. The van der Waals surface area contributed by atoms with E-state index in [1.165, 1.54) is 0 Å². The fourth-order valence-corrected chi connectivity index (χ4v) is 1.67. The molecule has 2 rings (SSSR count). The van der Waals surface area contributed by atoms with E-state index in [-0.39, 0.29) is 5.91 Å². The quantitative estimate of drug-likeness (QED) is 0.829. The van der Waals surface area contributed by atoms with Gasteiger partial charge in [-0.2, -0.15) is 0 Å². The molecule has 7 heteroatoms. The SMILES string of the molecule is CCCNc1ccc(C(=O)N(C)Cc2ncc[nH]2)nn1. The lowest BCUT2D eigenvalue weighted by Gasteiger charge is -2.14. The third-order valence-corrected chi connectivity index (χ3v) is 2.73. The summed E-state index contributed by atoms with van der Waals surface area (Å²) >= 11 is 0. The Morgan fingerprint density at radius 1 is 1.40 bits per heavy atom. The van der Waals surface area contributed by atoms with Gasteiger partial charge in [-0.15, -0.1) is 10.2 Å². The summed E-state index contributed by atoms with van der Waals surface area (Å²) in [6, 6.07) is 3.43. The van der Waals surface area contributed by atoms with Crippen LogP contribution in [0.1, 0.15) is 29.7 Å². The number of carbonyl (C=O) groups excluding carboxylic acids is 1. The van der Waals surface area contributed by atoms with Crippen LogP contribution in [0.3, 0.4) is 0 Å². The molecule has 2 aromatic rings. The van der Waals surface area contributed by atoms with Gasteiger partial charge in [-0.3, -0.25) is 4.79 Å². The predicted octanol–water partition coefficient (Wildman–Crippen LogP) is 1.29. The van der Waals surface area contributed by atoms with E-state index in [1.807, 2.05) is 0 Å². The maximum Gasteiger partial charge on any atom is 0.274 e. The maximum atomic E-state index is 12.2. The number of anilines is 1. The monoisotopic (exact) mass is 274 g/mol. The van der Waals surface area contributed by atoms with Gasteiger partial charge in [0.2, 0.25) is 0 Å². The molecule has 0 aromatic carbocycles. The molecule has 0 aliphatic rings. The van der Waals surface area contributed by atoms with Crippen molar-refractivity contribution >= 4 is 11.7 Å². The van der Waals surface area contributed by atoms with Crippen LogP contribution >= 0.6 is 0 Å². The number of nitrogens with one attached hydrogen (secondary N) is 2. The number of aromatic amines is 1. The van der Waals surface area contributed by atoms with Gasteiger partial charge in [0, 0.05) is 26.0 Å². The van der Waals surface area contributed by atoms with E-state index in [0.29, 0.717) is 18.1 Å². The van der Waals surface area contributed by atoms with Crippen molar-refractivity contribution in [1.29, 1.82) is 0 Å². The molecule has 20 heavy (non-hydrogen) atoms. The van der Waals surface area contributed by atoms with E-state index in [4.69, 9.17) is 0 Å². The first-order chi connectivity index (χ1) is 9.70. The molecule has 2 heterocycles. The molecule has 106 valence electrons. The van der Waals surface area contributed by atoms with Crippen LogP contribution in [0.25, 0.3) is 0 Å². The van der Waals surface area contributed by atoms with Gasteiger partial charge in [0.1, 0.15) is 11.6 Å². The second-order valence-corrected chi connectivity index (χ2v) is 4.43. The van der Waals surface area contributed by atoms with E-state index in [9.17, 15) is 4.79 Å². The summed E-state index contributed by atoms with van der Waals surface area (Å²) in [6.07, 6.45) is 4.39. The van der Waals surface area contributed by atoms with Crippen molar-refractivity contribution in [3.8, 4) is 0 Å². The third kappa shape index (κ3) is 3.53. The number of nitrogens with zero attached hydrogens (tertiary/aromatic N) is 4. The smallest absolute Gasteiger partial charge is 0.274 e. The molecular weight excluding hydrogens is 256 g/mol. The highest BCUT2D eigenvalue weighted by Gasteiger charge is 2.14. The molecule has 2 aromatic heterocycles. The van der Waals surface area contributed by atoms with Crippen LogP contribution in [0.2, 0.25) is 0 Å². The number of amides is 1. The second-order valence-electron chi connectivity index (χ2n) is 4.43. The predicted molar refractivity (Wildman–Crippen MR) is 75.2 cm³/mol. The van der Waals surface area contributed by atoms with Gasteiger partial charge < -0.3 is 15.2 Å². The Kier molecular flexibility index (Phi) is 4.65. The molecule has 0 aliphatic heterocycles. The Balaban J connectivity index is 1.97. The van der Waals surface area contributed by atoms with Gasteiger partial charge in [0.25, 0.3) is 5.91 Å². The van der Waals surface area contributed by atoms with Crippen LogP contribution in [0.4, 0.5) is 5.82 Å². The Labute approximate surface area is 117 Å². The maximum absolute atomic E-state index is 12.2. The van der Waals surface area contributed by atoms with Crippen LogP contribution < -0.4 is 5.32 Å². The number of imidazole rings is 1. The lowest BCUT2D eigenvalue weighted by molar-refractivity contribution is 0.0775. The first-order valence-corrected chi connectivity index (χ1v) is 6.52. The summed E-state index contributed by atoms with van der Waals surface area (Å²) < 4.78 is 0. The zero-order chi connectivity index (χ0) is 14.4. The number of rotatable bonds is 6. The highest BCUT2D eigenvalue weighted by molar-refractivity contribution is 5.91. The Hall–Kier alpha value is -2.44. The van der Waals surface area contributed by atoms with Crippen molar-refractivity contribution in [3.05, 3.63) is 36.0 Å². The Morgan fingerprint density at radius 3 is 2.85 bits per heavy atom. The first-order valence-electron chi connectivity index (χ1n) is 6.52. The number of carbonyl (C=O) groups is 1. The molecular formula is C13H18N6O. The molecule has 0 unspecified atom stereocenters. The lowest BCUT2D eigenvalue weighted by Crippen LogP contribution is -2.27. The number of H-pyrrole nitrogens is 1. The number of hydrogen-bond acceptors (Lipinski definition) is 5. The fraction of sp³-hybridized carbons (Fsp3) is 0.385. The van der Waals surface area contributed by atoms with Crippen LogP contribution in [-0.4, -0.2) is 44.6 Å². The van der Waals surface area contributed by atoms with Crippen LogP contribution in [0.5, 0.6) is 0 Å². The van der Waals surface area contributed by atoms with E-state index < -0.39 is 0 Å². The Bertz CT molecular complexity index is 536. The molecule has 0 saturated heterocycles. The van der Waals surface area contributed by atoms with Crippen molar-refractivity contribution < 1.29 is 4.79 Å². The highest BCUT2D eigenvalue weighted by atomic mass is 16.2. The largest absolute Gasteiger partial charge is 0.369 e. The van der Waals surface area contributed by atoms with Crippen molar-refractivity contribution in [3.63, 3.8) is 0 Å². The number of hydrogen-bond donors (Lipinski definition) is 2. The molecule has 0 radical (unpaired) electrons. The zero-order valence-corrected chi connectivity index (χ0v) is 11.6. The lowest BCUT2D eigenvalue weighted by atomic mass is 10.3. The first kappa shape index (κ1) is 14.0. The van der Waals surface area contributed by atoms with Gasteiger partial charge in [0.15, 0.2) is 5.69 Å². The molecule has 0 fully saturated rings. The van der Waals surface area contributed by atoms with E-state index in [2.05, 4.69) is 32.4 Å². The average Bonchev–Trinajstić information content (AvgIpc) is 2.97. The molecule has 0 atom stereocenters. The molecule has 2 N–H and O–H groups in total. The second kappa shape index (κ2) is 6.65. The summed E-state index contributed by atoms with van der Waals surface area (Å²) in [6.45, 7) is 3.31. The molecule has 1 amide bonds. The van der Waals surface area contributed by atoms with E-state index >= 15 is 0 Å². The minimum Gasteiger partial charge on any atom is -0.369 e. The van der Waals surface area contributed by atoms with Gasteiger partial charge in [0.05, 0.1) is 6.54 Å². The van der Waals surface area contributed by atoms with Crippen molar-refractivity contribution in [2.75, 3.05) is 18.9 Å². The summed E-state index contributed by atoms with van der Waals surface area (Å²) in [5.41, 5.74) is 0.320. The van der Waals surface area contributed by atoms with E-state index in [0.717, 1.165) is 18.8 Å². The highest BCUT2D eigenvalue weighted by Crippen LogP contribution is 2.06. The van der Waals surface area contributed by atoms with Crippen molar-refractivity contribution in [2.24, 2.45) is 0 Å². The van der Waals surface area contributed by atoms with Gasteiger partial charge in [-0.25, -0.2) is 4.98 Å². The summed E-state index contributed by atoms with van der Waals surface area (Å²) in [7, 11) is 1.70. The zero-order valence-electron chi connectivity index (χ0n) is 11.6. The normalized spacial score (nSPS) is 10.3. The molecule has 0 bridgehead atoms. The molecule has 7 nitrogen and oxygen atoms in total. The van der Waals surface area contributed by atoms with Gasteiger partial charge in [-0.1, -0.05) is 6.92 Å².